The van der Waals surface area contributed by atoms with E-state index < -0.39 is 104 Å². The van der Waals surface area contributed by atoms with E-state index in [4.69, 9.17) is 37.1 Å². The third-order valence-corrected chi connectivity index (χ3v) is 8.30. The highest BCUT2D eigenvalue weighted by Gasteiger charge is 2.55. The zero-order chi connectivity index (χ0) is 30.4. The van der Waals surface area contributed by atoms with Crippen molar-refractivity contribution in [1.82, 2.24) is 10.6 Å². The van der Waals surface area contributed by atoms with E-state index in [2.05, 4.69) is 10.6 Å². The summed E-state index contributed by atoms with van der Waals surface area (Å²) < 4.78 is 17.6. The molecule has 242 valence electrons. The first-order valence-corrected chi connectivity index (χ1v) is 14.2. The third-order valence-electron chi connectivity index (χ3n) is 8.30. The molecule has 0 aromatic heterocycles. The molecule has 0 amide bonds. The molecular formula is C24H50N6O11. The van der Waals surface area contributed by atoms with Crippen molar-refractivity contribution in [1.29, 1.82) is 0 Å². The van der Waals surface area contributed by atoms with E-state index in [1.54, 1.807) is 0 Å². The number of nitrogens with one attached hydrogen (secondary N) is 2. The van der Waals surface area contributed by atoms with Gasteiger partial charge in [0.05, 0.1) is 37.1 Å². The summed E-state index contributed by atoms with van der Waals surface area (Å²) in [6.07, 6.45) is -15.2. The molecule has 3 aliphatic rings. The van der Waals surface area contributed by atoms with Gasteiger partial charge < -0.3 is 88.6 Å². The van der Waals surface area contributed by atoms with Gasteiger partial charge in [-0.2, -0.15) is 0 Å². The summed E-state index contributed by atoms with van der Waals surface area (Å²) in [5.41, 5.74) is 23.4. The zero-order valence-corrected chi connectivity index (χ0v) is 23.0. The molecule has 2 aliphatic heterocycles. The van der Waals surface area contributed by atoms with Crippen molar-refractivity contribution in [2.45, 2.75) is 104 Å². The summed E-state index contributed by atoms with van der Waals surface area (Å²) in [6, 6.07) is -2.78. The largest absolute Gasteiger partial charge is 0.394 e. The van der Waals surface area contributed by atoms with Gasteiger partial charge in [-0.3, -0.25) is 0 Å². The maximum absolute atomic E-state index is 11.6. The lowest BCUT2D eigenvalue weighted by molar-refractivity contribution is -0.310. The maximum Gasteiger partial charge on any atom is 0.186 e. The minimum Gasteiger partial charge on any atom is -0.394 e. The second-order valence-electron chi connectivity index (χ2n) is 11.2. The zero-order valence-electron chi connectivity index (χ0n) is 23.0. The summed E-state index contributed by atoms with van der Waals surface area (Å²) in [5.74, 6) is -1.03. The van der Waals surface area contributed by atoms with Crippen LogP contribution in [0.3, 0.4) is 0 Å². The Bertz CT molecular complexity index is 778. The van der Waals surface area contributed by atoms with Crippen LogP contribution in [0.2, 0.25) is 0 Å². The van der Waals surface area contributed by atoms with Crippen molar-refractivity contribution in [3.8, 4) is 0 Å². The molecule has 0 aromatic rings. The number of rotatable bonds is 13. The second-order valence-corrected chi connectivity index (χ2v) is 11.2. The van der Waals surface area contributed by atoms with Gasteiger partial charge in [0.25, 0.3) is 0 Å². The van der Waals surface area contributed by atoms with Gasteiger partial charge in [0.2, 0.25) is 0 Å². The summed E-state index contributed by atoms with van der Waals surface area (Å²) in [7, 11) is 0. The first-order chi connectivity index (χ1) is 19.5. The highest BCUT2D eigenvalue weighted by Crippen LogP contribution is 2.37. The van der Waals surface area contributed by atoms with E-state index in [0.717, 1.165) is 0 Å². The van der Waals surface area contributed by atoms with Crippen molar-refractivity contribution in [2.24, 2.45) is 28.9 Å². The van der Waals surface area contributed by atoms with Gasteiger partial charge in [0, 0.05) is 37.6 Å². The first-order valence-electron chi connectivity index (χ1n) is 14.2. The van der Waals surface area contributed by atoms with Crippen molar-refractivity contribution in [3.05, 3.63) is 0 Å². The Hall–Kier alpha value is -0.680. The molecule has 41 heavy (non-hydrogen) atoms. The van der Waals surface area contributed by atoms with E-state index >= 15 is 0 Å². The Morgan fingerprint density at radius 3 is 2.22 bits per heavy atom. The molecule has 1 saturated carbocycles. The number of aliphatic hydroxyl groups excluding tert-OH is 8. The molecule has 0 bridgehead atoms. The average molecular weight is 599 g/mol. The molecule has 16 atom stereocenters. The monoisotopic (exact) mass is 598 g/mol. The molecule has 0 spiro atoms. The number of hydrogen-bond donors (Lipinski definition) is 14. The molecule has 1 aliphatic carbocycles. The van der Waals surface area contributed by atoms with Crippen LogP contribution in [-0.2, 0) is 14.2 Å². The summed E-state index contributed by atoms with van der Waals surface area (Å²) in [6.45, 7) is 0.475. The van der Waals surface area contributed by atoms with Crippen molar-refractivity contribution >= 4 is 0 Å². The Morgan fingerprint density at radius 1 is 0.878 bits per heavy atom. The number of ether oxygens (including phenoxy) is 3. The SMILES string of the molecule is NCCCNCC1OC(C2C(N)CC(NCC(O)CN)C(OC3OC(CO)C(O)C(N)C3O)C2O)C(O)C(O)C1O. The number of nitrogens with two attached hydrogens (primary N) is 4. The Kier molecular flexibility index (Phi) is 13.5. The molecule has 17 heteroatoms. The highest BCUT2D eigenvalue weighted by atomic mass is 16.7. The molecule has 17 nitrogen and oxygen atoms in total. The minimum absolute atomic E-state index is 0.0146. The fourth-order valence-corrected chi connectivity index (χ4v) is 5.80. The molecule has 2 heterocycles. The van der Waals surface area contributed by atoms with E-state index in [1.165, 1.54) is 0 Å². The lowest BCUT2D eigenvalue weighted by atomic mass is 9.72. The molecular weight excluding hydrogens is 548 g/mol. The molecule has 0 radical (unpaired) electrons. The minimum atomic E-state index is -1.61. The fraction of sp³-hybridized carbons (Fsp3) is 1.00. The van der Waals surface area contributed by atoms with E-state index in [-0.39, 0.29) is 26.1 Å². The fourth-order valence-electron chi connectivity index (χ4n) is 5.80. The van der Waals surface area contributed by atoms with Gasteiger partial charge in [-0.15, -0.1) is 0 Å². The van der Waals surface area contributed by atoms with Gasteiger partial charge >= 0.3 is 0 Å². The van der Waals surface area contributed by atoms with Gasteiger partial charge in [0.1, 0.15) is 42.7 Å². The maximum atomic E-state index is 11.6. The summed E-state index contributed by atoms with van der Waals surface area (Å²) in [4.78, 5) is 0. The standard InChI is InChI=1S/C24H50N6O11/c25-2-1-3-29-7-12-17(34)20(37)21(38)23(39-12)14-10(27)4-11(30-6-9(32)5-26)22(18(14)35)41-24-19(36)15(28)16(33)13(8-31)40-24/h9-24,29-38H,1-8,25-28H2. The van der Waals surface area contributed by atoms with Crippen LogP contribution in [0, 0.1) is 5.92 Å². The predicted octanol–water partition coefficient (Wildman–Crippen LogP) is -8.09. The van der Waals surface area contributed by atoms with Crippen molar-refractivity contribution in [2.75, 3.05) is 39.3 Å². The topological polar surface area (TPSA) is 318 Å². The molecule has 3 fully saturated rings. The van der Waals surface area contributed by atoms with Gasteiger partial charge in [-0.05, 0) is 25.9 Å². The van der Waals surface area contributed by atoms with Gasteiger partial charge in [-0.25, -0.2) is 0 Å². The Labute approximate surface area is 238 Å². The Morgan fingerprint density at radius 2 is 1.59 bits per heavy atom. The van der Waals surface area contributed by atoms with Gasteiger partial charge in [-0.1, -0.05) is 0 Å². The van der Waals surface area contributed by atoms with Crippen molar-refractivity contribution in [3.63, 3.8) is 0 Å². The van der Waals surface area contributed by atoms with Crippen LogP contribution in [0.4, 0.5) is 0 Å². The lowest BCUT2D eigenvalue weighted by Gasteiger charge is -2.52. The number of hydrogen-bond acceptors (Lipinski definition) is 17. The van der Waals surface area contributed by atoms with Crippen LogP contribution >= 0.6 is 0 Å². The molecule has 3 rings (SSSR count). The lowest BCUT2D eigenvalue weighted by Crippen LogP contribution is -2.70. The predicted molar refractivity (Wildman–Crippen MR) is 143 cm³/mol. The van der Waals surface area contributed by atoms with Crippen LogP contribution < -0.4 is 33.6 Å². The molecule has 0 aromatic carbocycles. The van der Waals surface area contributed by atoms with E-state index in [0.29, 0.717) is 19.5 Å². The molecule has 2 saturated heterocycles. The van der Waals surface area contributed by atoms with Crippen LogP contribution in [-0.4, -0.2) is 172 Å². The average Bonchev–Trinajstić information content (AvgIpc) is 2.96. The summed E-state index contributed by atoms with van der Waals surface area (Å²) >= 11 is 0. The van der Waals surface area contributed by atoms with E-state index in [9.17, 15) is 40.9 Å². The second kappa shape index (κ2) is 15.9. The van der Waals surface area contributed by atoms with Crippen LogP contribution in [0.1, 0.15) is 12.8 Å². The van der Waals surface area contributed by atoms with Gasteiger partial charge in [0.15, 0.2) is 6.29 Å². The Balaban J connectivity index is 1.85. The summed E-state index contributed by atoms with van der Waals surface area (Å²) in [5, 5.41) is 90.3. The number of aliphatic hydroxyl groups is 8. The van der Waals surface area contributed by atoms with Crippen molar-refractivity contribution < 1.29 is 55.1 Å². The smallest absolute Gasteiger partial charge is 0.186 e. The van der Waals surface area contributed by atoms with E-state index in [1.807, 2.05) is 0 Å². The van der Waals surface area contributed by atoms with Crippen LogP contribution in [0.5, 0.6) is 0 Å². The van der Waals surface area contributed by atoms with Crippen LogP contribution in [0.25, 0.3) is 0 Å². The first kappa shape index (κ1) is 34.8. The molecule has 16 unspecified atom stereocenters. The quantitative estimate of drug-likeness (QED) is 0.0875. The molecule has 18 N–H and O–H groups in total. The highest BCUT2D eigenvalue weighted by molar-refractivity contribution is 5.07. The normalized spacial score (nSPS) is 46.4. The van der Waals surface area contributed by atoms with Crippen LogP contribution in [0.15, 0.2) is 0 Å². The third kappa shape index (κ3) is 8.08.